The first-order chi connectivity index (χ1) is 10.2. The molecule has 7 nitrogen and oxygen atoms in total. The minimum absolute atomic E-state index is 0.0656. The summed E-state index contributed by atoms with van der Waals surface area (Å²) in [7, 11) is 4.94. The summed E-state index contributed by atoms with van der Waals surface area (Å²) < 4.78 is 10.3. The Bertz CT molecular complexity index is 589. The van der Waals surface area contributed by atoms with Gasteiger partial charge in [-0.2, -0.15) is 4.98 Å². The van der Waals surface area contributed by atoms with Crippen LogP contribution in [0, 0.1) is 0 Å². The van der Waals surface area contributed by atoms with E-state index in [4.69, 9.17) is 14.6 Å². The molecule has 2 heterocycles. The molecule has 0 bridgehead atoms. The third-order valence-corrected chi connectivity index (χ3v) is 2.99. The molecule has 0 aromatic carbocycles. The second kappa shape index (κ2) is 6.85. The van der Waals surface area contributed by atoms with Gasteiger partial charge in [-0.15, -0.1) is 10.2 Å². The summed E-state index contributed by atoms with van der Waals surface area (Å²) in [6.45, 7) is 0.567. The first kappa shape index (κ1) is 15.0. The SMILES string of the molecule is COc1ccc(-c2ccc(N(C)CCO)nn2)c(OC)n1. The van der Waals surface area contributed by atoms with Gasteiger partial charge in [0.1, 0.15) is 0 Å². The van der Waals surface area contributed by atoms with Gasteiger partial charge in [-0.3, -0.25) is 0 Å². The van der Waals surface area contributed by atoms with E-state index in [0.29, 0.717) is 29.8 Å². The van der Waals surface area contributed by atoms with Crippen LogP contribution in [0.5, 0.6) is 11.8 Å². The monoisotopic (exact) mass is 290 g/mol. The van der Waals surface area contributed by atoms with Crippen LogP contribution in [0.3, 0.4) is 0 Å². The Labute approximate surface area is 123 Å². The van der Waals surface area contributed by atoms with E-state index in [1.54, 1.807) is 20.3 Å². The minimum Gasteiger partial charge on any atom is -0.481 e. The normalized spacial score (nSPS) is 10.3. The lowest BCUT2D eigenvalue weighted by molar-refractivity contribution is 0.303. The molecule has 2 rings (SSSR count). The highest BCUT2D eigenvalue weighted by atomic mass is 16.5. The van der Waals surface area contributed by atoms with Crippen LogP contribution < -0.4 is 14.4 Å². The molecule has 2 aromatic heterocycles. The van der Waals surface area contributed by atoms with E-state index in [1.165, 1.54) is 0 Å². The van der Waals surface area contributed by atoms with Crippen LogP contribution >= 0.6 is 0 Å². The maximum atomic E-state index is 8.92. The zero-order chi connectivity index (χ0) is 15.2. The fourth-order valence-corrected chi connectivity index (χ4v) is 1.82. The van der Waals surface area contributed by atoms with Crippen molar-refractivity contribution < 1.29 is 14.6 Å². The zero-order valence-corrected chi connectivity index (χ0v) is 12.3. The van der Waals surface area contributed by atoms with Crippen molar-refractivity contribution in [3.63, 3.8) is 0 Å². The Balaban J connectivity index is 2.30. The van der Waals surface area contributed by atoms with E-state index in [1.807, 2.05) is 30.1 Å². The number of rotatable bonds is 6. The van der Waals surface area contributed by atoms with Crippen molar-refractivity contribution in [1.82, 2.24) is 15.2 Å². The zero-order valence-electron chi connectivity index (χ0n) is 12.3. The van der Waals surface area contributed by atoms with Crippen molar-refractivity contribution >= 4 is 5.82 Å². The lowest BCUT2D eigenvalue weighted by Gasteiger charge is -2.16. The predicted molar refractivity (Wildman–Crippen MR) is 78.7 cm³/mol. The number of anilines is 1. The number of likely N-dealkylation sites (N-methyl/N-ethyl adjacent to an activating group) is 1. The number of aliphatic hydroxyl groups excluding tert-OH is 1. The van der Waals surface area contributed by atoms with Gasteiger partial charge in [0.25, 0.3) is 0 Å². The molecule has 2 aromatic rings. The van der Waals surface area contributed by atoms with Gasteiger partial charge in [0, 0.05) is 19.7 Å². The van der Waals surface area contributed by atoms with Gasteiger partial charge in [-0.05, 0) is 18.2 Å². The minimum atomic E-state index is 0.0656. The molecule has 0 atom stereocenters. The molecule has 0 unspecified atom stereocenters. The van der Waals surface area contributed by atoms with Gasteiger partial charge in [0.15, 0.2) is 5.82 Å². The molecule has 112 valence electrons. The molecule has 0 saturated carbocycles. The third kappa shape index (κ3) is 3.38. The maximum Gasteiger partial charge on any atom is 0.226 e. The maximum absolute atomic E-state index is 8.92. The molecule has 0 saturated heterocycles. The standard InChI is InChI=1S/C14H18N4O3/c1-18(8-9-19)12-6-5-11(16-17-12)10-4-7-13(20-2)15-14(10)21-3/h4-7,19H,8-9H2,1-3H3. The number of hydrogen-bond donors (Lipinski definition) is 1. The second-order valence-electron chi connectivity index (χ2n) is 4.33. The fraction of sp³-hybridized carbons (Fsp3) is 0.357. The van der Waals surface area contributed by atoms with Gasteiger partial charge in [0.2, 0.25) is 11.8 Å². The fourth-order valence-electron chi connectivity index (χ4n) is 1.82. The number of ether oxygens (including phenoxy) is 2. The number of aliphatic hydroxyl groups is 1. The number of hydrogen-bond acceptors (Lipinski definition) is 7. The van der Waals surface area contributed by atoms with Crippen LogP contribution in [0.1, 0.15) is 0 Å². The highest BCUT2D eigenvalue weighted by Crippen LogP contribution is 2.28. The van der Waals surface area contributed by atoms with Crippen molar-refractivity contribution in [3.8, 4) is 23.0 Å². The molecule has 0 aliphatic rings. The van der Waals surface area contributed by atoms with E-state index in [0.717, 1.165) is 5.56 Å². The van der Waals surface area contributed by atoms with Crippen LogP contribution in [0.2, 0.25) is 0 Å². The van der Waals surface area contributed by atoms with Crippen LogP contribution in [0.25, 0.3) is 11.3 Å². The predicted octanol–water partition coefficient (Wildman–Crippen LogP) is 0.984. The Morgan fingerprint density at radius 3 is 2.48 bits per heavy atom. The molecule has 7 heteroatoms. The number of pyridine rings is 1. The summed E-state index contributed by atoms with van der Waals surface area (Å²) in [4.78, 5) is 6.04. The molecule has 0 aliphatic carbocycles. The van der Waals surface area contributed by atoms with Crippen LogP contribution in [0.4, 0.5) is 5.82 Å². The van der Waals surface area contributed by atoms with Gasteiger partial charge in [-0.25, -0.2) is 0 Å². The van der Waals surface area contributed by atoms with E-state index >= 15 is 0 Å². The van der Waals surface area contributed by atoms with E-state index in [9.17, 15) is 0 Å². The van der Waals surface area contributed by atoms with Gasteiger partial charge in [0.05, 0.1) is 32.1 Å². The summed E-state index contributed by atoms with van der Waals surface area (Å²) >= 11 is 0. The van der Waals surface area contributed by atoms with Crippen molar-refractivity contribution in [2.24, 2.45) is 0 Å². The van der Waals surface area contributed by atoms with Crippen molar-refractivity contribution in [2.45, 2.75) is 0 Å². The summed E-state index contributed by atoms with van der Waals surface area (Å²) in [5, 5.41) is 17.2. The highest BCUT2D eigenvalue weighted by Gasteiger charge is 2.11. The van der Waals surface area contributed by atoms with Gasteiger partial charge < -0.3 is 19.5 Å². The van der Waals surface area contributed by atoms with Crippen molar-refractivity contribution in [1.29, 1.82) is 0 Å². The molecule has 0 amide bonds. The van der Waals surface area contributed by atoms with Crippen LogP contribution in [0.15, 0.2) is 24.3 Å². The molecule has 0 aliphatic heterocycles. The second-order valence-corrected chi connectivity index (χ2v) is 4.33. The molecular weight excluding hydrogens is 272 g/mol. The highest BCUT2D eigenvalue weighted by molar-refractivity contribution is 5.65. The van der Waals surface area contributed by atoms with Crippen LogP contribution in [-0.2, 0) is 0 Å². The van der Waals surface area contributed by atoms with E-state index < -0.39 is 0 Å². The lowest BCUT2D eigenvalue weighted by atomic mass is 10.2. The summed E-state index contributed by atoms with van der Waals surface area (Å²) in [6.07, 6.45) is 0. The quantitative estimate of drug-likeness (QED) is 0.849. The van der Waals surface area contributed by atoms with E-state index in [-0.39, 0.29) is 6.61 Å². The topological polar surface area (TPSA) is 80.6 Å². The Kier molecular flexibility index (Phi) is 4.89. The smallest absolute Gasteiger partial charge is 0.226 e. The Hall–Kier alpha value is -2.41. The first-order valence-electron chi connectivity index (χ1n) is 6.44. The Morgan fingerprint density at radius 1 is 1.10 bits per heavy atom. The summed E-state index contributed by atoms with van der Waals surface area (Å²) in [6, 6.07) is 7.24. The lowest BCUT2D eigenvalue weighted by Crippen LogP contribution is -2.22. The van der Waals surface area contributed by atoms with E-state index in [2.05, 4.69) is 15.2 Å². The van der Waals surface area contributed by atoms with Crippen molar-refractivity contribution in [3.05, 3.63) is 24.3 Å². The average Bonchev–Trinajstić information content (AvgIpc) is 2.54. The third-order valence-electron chi connectivity index (χ3n) is 2.99. The van der Waals surface area contributed by atoms with Crippen molar-refractivity contribution in [2.75, 3.05) is 39.3 Å². The molecule has 21 heavy (non-hydrogen) atoms. The summed E-state index contributed by atoms with van der Waals surface area (Å²) in [5.41, 5.74) is 1.39. The van der Waals surface area contributed by atoms with Crippen LogP contribution in [-0.4, -0.2) is 54.7 Å². The molecule has 0 fully saturated rings. The number of nitrogens with zero attached hydrogens (tertiary/aromatic N) is 4. The Morgan fingerprint density at radius 2 is 1.90 bits per heavy atom. The average molecular weight is 290 g/mol. The number of aromatic nitrogens is 3. The molecule has 1 N–H and O–H groups in total. The van der Waals surface area contributed by atoms with Gasteiger partial charge >= 0.3 is 0 Å². The molecule has 0 radical (unpaired) electrons. The molecule has 0 spiro atoms. The van der Waals surface area contributed by atoms with Gasteiger partial charge in [-0.1, -0.05) is 0 Å². The number of methoxy groups -OCH3 is 2. The first-order valence-corrected chi connectivity index (χ1v) is 6.44. The largest absolute Gasteiger partial charge is 0.481 e. The summed E-state index contributed by atoms with van der Waals surface area (Å²) in [5.74, 6) is 1.59. The molecular formula is C14H18N4O3.